The summed E-state index contributed by atoms with van der Waals surface area (Å²) in [6, 6.07) is 8.86. The minimum absolute atomic E-state index is 0.255. The van der Waals surface area contributed by atoms with Gasteiger partial charge in [-0.15, -0.1) is 0 Å². The maximum absolute atomic E-state index is 13.3. The number of anilines is 1. The standard InChI is InChI=1S/C17H15F2N3O2/c1-2-24-17(23)20-16-14-8-10(3-4-15(14)21-22-16)5-11-6-12(18)9-13(19)7-11/h3-4,6-9H,2,5H2,1H3,(H2,20,21,22,23). The SMILES string of the molecule is CCOC(=O)Nc1n[nH]c2ccc(Cc3cc(F)cc(F)c3)cc12. The van der Waals surface area contributed by atoms with Gasteiger partial charge in [0.15, 0.2) is 5.82 Å². The van der Waals surface area contributed by atoms with E-state index in [1.165, 1.54) is 12.1 Å². The lowest BCUT2D eigenvalue weighted by atomic mass is 10.0. The lowest BCUT2D eigenvalue weighted by Crippen LogP contribution is -2.13. The molecule has 124 valence electrons. The lowest BCUT2D eigenvalue weighted by Gasteiger charge is -2.05. The van der Waals surface area contributed by atoms with Crippen molar-refractivity contribution in [3.63, 3.8) is 0 Å². The second kappa shape index (κ2) is 6.66. The third-order valence-electron chi connectivity index (χ3n) is 3.45. The molecule has 0 bridgehead atoms. The fourth-order valence-corrected chi connectivity index (χ4v) is 2.48. The third-order valence-corrected chi connectivity index (χ3v) is 3.45. The van der Waals surface area contributed by atoms with Crippen molar-refractivity contribution in [2.24, 2.45) is 0 Å². The number of fused-ring (bicyclic) bond motifs is 1. The summed E-state index contributed by atoms with van der Waals surface area (Å²) in [6.45, 7) is 1.96. The number of hydrogen-bond donors (Lipinski definition) is 2. The Hall–Kier alpha value is -2.96. The molecule has 24 heavy (non-hydrogen) atoms. The maximum atomic E-state index is 13.3. The molecule has 1 amide bonds. The molecule has 0 atom stereocenters. The predicted molar refractivity (Wildman–Crippen MR) is 85.9 cm³/mol. The molecule has 0 saturated heterocycles. The molecule has 2 N–H and O–H groups in total. The minimum Gasteiger partial charge on any atom is -0.450 e. The van der Waals surface area contributed by atoms with Gasteiger partial charge in [0.25, 0.3) is 0 Å². The van der Waals surface area contributed by atoms with E-state index < -0.39 is 17.7 Å². The molecule has 0 spiro atoms. The van der Waals surface area contributed by atoms with Crippen LogP contribution >= 0.6 is 0 Å². The van der Waals surface area contributed by atoms with Crippen molar-refractivity contribution >= 4 is 22.8 Å². The Morgan fingerprint density at radius 2 is 1.92 bits per heavy atom. The highest BCUT2D eigenvalue weighted by molar-refractivity contribution is 5.97. The third kappa shape index (κ3) is 3.51. The van der Waals surface area contributed by atoms with Crippen LogP contribution in [-0.2, 0) is 11.2 Å². The van der Waals surface area contributed by atoms with Crippen LogP contribution in [0.4, 0.5) is 19.4 Å². The Balaban J connectivity index is 1.88. The van der Waals surface area contributed by atoms with Crippen molar-refractivity contribution in [3.05, 3.63) is 59.2 Å². The molecule has 3 aromatic rings. The number of ether oxygens (including phenoxy) is 1. The number of aromatic amines is 1. The summed E-state index contributed by atoms with van der Waals surface area (Å²) in [5.41, 5.74) is 2.09. The number of aromatic nitrogens is 2. The van der Waals surface area contributed by atoms with Crippen LogP contribution in [-0.4, -0.2) is 22.9 Å². The number of rotatable bonds is 4. The quantitative estimate of drug-likeness (QED) is 0.759. The molecule has 7 heteroatoms. The highest BCUT2D eigenvalue weighted by Crippen LogP contribution is 2.23. The first kappa shape index (κ1) is 15.9. The Labute approximate surface area is 136 Å². The molecule has 0 saturated carbocycles. The average Bonchev–Trinajstić information content (AvgIpc) is 2.89. The normalized spacial score (nSPS) is 10.8. The topological polar surface area (TPSA) is 67.0 Å². The van der Waals surface area contributed by atoms with Crippen molar-refractivity contribution in [3.8, 4) is 0 Å². The molecule has 2 aromatic carbocycles. The number of carbonyl (C=O) groups excluding carboxylic acids is 1. The average molecular weight is 331 g/mol. The highest BCUT2D eigenvalue weighted by atomic mass is 19.1. The van der Waals surface area contributed by atoms with Gasteiger partial charge in [0, 0.05) is 11.5 Å². The molecule has 0 aliphatic carbocycles. The lowest BCUT2D eigenvalue weighted by molar-refractivity contribution is 0.168. The molecule has 0 unspecified atom stereocenters. The van der Waals surface area contributed by atoms with Crippen LogP contribution < -0.4 is 5.32 Å². The Bertz CT molecular complexity index is 872. The zero-order valence-electron chi connectivity index (χ0n) is 12.9. The fourth-order valence-electron chi connectivity index (χ4n) is 2.48. The molecular formula is C17H15F2N3O2. The van der Waals surface area contributed by atoms with Crippen LogP contribution in [0.15, 0.2) is 36.4 Å². The van der Waals surface area contributed by atoms with E-state index in [2.05, 4.69) is 15.5 Å². The molecule has 1 heterocycles. The van der Waals surface area contributed by atoms with Gasteiger partial charge < -0.3 is 4.74 Å². The zero-order valence-corrected chi connectivity index (χ0v) is 12.9. The van der Waals surface area contributed by atoms with E-state index in [0.29, 0.717) is 23.2 Å². The van der Waals surface area contributed by atoms with Gasteiger partial charge in [-0.05, 0) is 48.7 Å². The first-order valence-electron chi connectivity index (χ1n) is 7.41. The number of amides is 1. The van der Waals surface area contributed by atoms with Crippen LogP contribution in [0, 0.1) is 11.6 Å². The van der Waals surface area contributed by atoms with Crippen molar-refractivity contribution in [2.45, 2.75) is 13.3 Å². The summed E-state index contributed by atoms with van der Waals surface area (Å²) in [6.07, 6.45) is -0.238. The van der Waals surface area contributed by atoms with Gasteiger partial charge in [0.05, 0.1) is 12.1 Å². The van der Waals surface area contributed by atoms with Crippen molar-refractivity contribution < 1.29 is 18.3 Å². The van der Waals surface area contributed by atoms with Gasteiger partial charge in [0.1, 0.15) is 11.6 Å². The second-order valence-electron chi connectivity index (χ2n) is 5.25. The molecule has 5 nitrogen and oxygen atoms in total. The Morgan fingerprint density at radius 1 is 1.17 bits per heavy atom. The zero-order chi connectivity index (χ0) is 17.1. The van der Waals surface area contributed by atoms with E-state index >= 15 is 0 Å². The Morgan fingerprint density at radius 3 is 2.62 bits per heavy atom. The number of nitrogens with one attached hydrogen (secondary N) is 2. The van der Waals surface area contributed by atoms with Crippen molar-refractivity contribution in [1.29, 1.82) is 0 Å². The van der Waals surface area contributed by atoms with Gasteiger partial charge in [-0.3, -0.25) is 10.4 Å². The summed E-state index contributed by atoms with van der Waals surface area (Å²) in [5, 5.41) is 10.1. The van der Waals surface area contributed by atoms with Crippen LogP contribution in [0.3, 0.4) is 0 Å². The number of hydrogen-bond acceptors (Lipinski definition) is 3. The minimum atomic E-state index is -0.612. The van der Waals surface area contributed by atoms with Crippen LogP contribution in [0.5, 0.6) is 0 Å². The summed E-state index contributed by atoms with van der Waals surface area (Å²) in [4.78, 5) is 11.5. The van der Waals surface area contributed by atoms with Crippen molar-refractivity contribution in [1.82, 2.24) is 10.2 Å². The summed E-state index contributed by atoms with van der Waals surface area (Å²) in [7, 11) is 0. The number of carbonyl (C=O) groups is 1. The predicted octanol–water partition coefficient (Wildman–Crippen LogP) is 4.00. The molecule has 0 aliphatic rings. The monoisotopic (exact) mass is 331 g/mol. The van der Waals surface area contributed by atoms with Gasteiger partial charge in [-0.1, -0.05) is 6.07 Å². The first-order valence-corrected chi connectivity index (χ1v) is 7.41. The number of benzene rings is 2. The van der Waals surface area contributed by atoms with E-state index in [1.54, 1.807) is 13.0 Å². The second-order valence-corrected chi connectivity index (χ2v) is 5.25. The molecule has 1 aromatic heterocycles. The van der Waals surface area contributed by atoms with E-state index in [4.69, 9.17) is 4.74 Å². The maximum Gasteiger partial charge on any atom is 0.412 e. The molecule has 0 fully saturated rings. The van der Waals surface area contributed by atoms with Gasteiger partial charge in [0.2, 0.25) is 0 Å². The van der Waals surface area contributed by atoms with Crippen LogP contribution in [0.2, 0.25) is 0 Å². The Kier molecular flexibility index (Phi) is 4.41. The van der Waals surface area contributed by atoms with E-state index in [-0.39, 0.29) is 6.61 Å². The van der Waals surface area contributed by atoms with Gasteiger partial charge in [-0.25, -0.2) is 13.6 Å². The molecular weight excluding hydrogens is 316 g/mol. The van der Waals surface area contributed by atoms with E-state index in [1.807, 2.05) is 12.1 Å². The van der Waals surface area contributed by atoms with E-state index in [0.717, 1.165) is 17.1 Å². The van der Waals surface area contributed by atoms with Crippen molar-refractivity contribution in [2.75, 3.05) is 11.9 Å². The number of H-pyrrole nitrogens is 1. The van der Waals surface area contributed by atoms with Gasteiger partial charge in [-0.2, -0.15) is 5.10 Å². The molecule has 0 aliphatic heterocycles. The fraction of sp³-hybridized carbons (Fsp3) is 0.176. The molecule has 0 radical (unpaired) electrons. The van der Waals surface area contributed by atoms with Crippen LogP contribution in [0.1, 0.15) is 18.1 Å². The largest absolute Gasteiger partial charge is 0.450 e. The first-order chi connectivity index (χ1) is 11.5. The van der Waals surface area contributed by atoms with Crippen LogP contribution in [0.25, 0.3) is 10.9 Å². The summed E-state index contributed by atoms with van der Waals surface area (Å²) >= 11 is 0. The smallest absolute Gasteiger partial charge is 0.412 e. The summed E-state index contributed by atoms with van der Waals surface area (Å²) in [5.74, 6) is -0.881. The molecule has 3 rings (SSSR count). The summed E-state index contributed by atoms with van der Waals surface area (Å²) < 4.78 is 31.4. The van der Waals surface area contributed by atoms with Gasteiger partial charge >= 0.3 is 6.09 Å². The highest BCUT2D eigenvalue weighted by Gasteiger charge is 2.11. The van der Waals surface area contributed by atoms with E-state index in [9.17, 15) is 13.6 Å². The number of nitrogens with zero attached hydrogens (tertiary/aromatic N) is 1. The number of halogens is 2.